The molecule has 160 valence electrons. The van der Waals surface area contributed by atoms with Gasteiger partial charge in [-0.25, -0.2) is 9.97 Å². The lowest BCUT2D eigenvalue weighted by atomic mass is 10.1. The maximum absolute atomic E-state index is 11.1. The number of halogens is 1. The first kappa shape index (κ1) is 20.9. The van der Waals surface area contributed by atoms with Gasteiger partial charge in [-0.2, -0.15) is 4.98 Å². The highest BCUT2D eigenvalue weighted by Gasteiger charge is 2.22. The first-order valence-electron chi connectivity index (χ1n) is 10.1. The Morgan fingerprint density at radius 1 is 1.16 bits per heavy atom. The van der Waals surface area contributed by atoms with Crippen molar-refractivity contribution >= 4 is 35.1 Å². The molecule has 1 aliphatic heterocycles. The van der Waals surface area contributed by atoms with Gasteiger partial charge in [-0.05, 0) is 42.0 Å². The van der Waals surface area contributed by atoms with Gasteiger partial charge in [0.15, 0.2) is 0 Å². The van der Waals surface area contributed by atoms with E-state index in [4.69, 9.17) is 22.1 Å². The third-order valence-electron chi connectivity index (χ3n) is 4.96. The van der Waals surface area contributed by atoms with Crippen LogP contribution in [0.3, 0.4) is 0 Å². The predicted molar refractivity (Wildman–Crippen MR) is 120 cm³/mol. The average molecular weight is 439 g/mol. The molecule has 0 unspecified atom stereocenters. The first-order valence-corrected chi connectivity index (χ1v) is 10.4. The quantitative estimate of drug-likeness (QED) is 0.582. The van der Waals surface area contributed by atoms with Crippen molar-refractivity contribution in [3.8, 4) is 5.75 Å². The van der Waals surface area contributed by atoms with Crippen LogP contribution >= 0.6 is 11.6 Å². The van der Waals surface area contributed by atoms with Crippen LogP contribution in [0.2, 0.25) is 5.02 Å². The Labute approximate surface area is 185 Å². The molecule has 3 N–H and O–H groups in total. The van der Waals surface area contributed by atoms with Crippen LogP contribution in [0.4, 0.5) is 17.6 Å². The number of anilines is 3. The number of ether oxygens (including phenoxy) is 1. The molecule has 0 bridgehead atoms. The molecule has 9 heteroatoms. The second kappa shape index (κ2) is 9.61. The summed E-state index contributed by atoms with van der Waals surface area (Å²) >= 11 is 5.93. The van der Waals surface area contributed by atoms with Crippen molar-refractivity contribution in [1.29, 1.82) is 0 Å². The van der Waals surface area contributed by atoms with Gasteiger partial charge in [-0.1, -0.05) is 23.7 Å². The number of carbonyl (C=O) groups is 1. The minimum atomic E-state index is -0.372. The molecule has 2 aromatic carbocycles. The van der Waals surface area contributed by atoms with E-state index < -0.39 is 0 Å². The molecule has 1 aliphatic rings. The van der Waals surface area contributed by atoms with Crippen LogP contribution in [0, 0.1) is 0 Å². The SMILES string of the molecule is NC(=O)Cc1cccc(Nc2ncnc(N3CCC(Oc4ccc(Cl)cc4)CC3)n2)c1. The Bertz CT molecular complexity index is 1040. The van der Waals surface area contributed by atoms with E-state index in [0.29, 0.717) is 16.9 Å². The summed E-state index contributed by atoms with van der Waals surface area (Å²) in [5.74, 6) is 1.52. The summed E-state index contributed by atoms with van der Waals surface area (Å²) in [5.41, 5.74) is 6.89. The minimum Gasteiger partial charge on any atom is -0.490 e. The largest absolute Gasteiger partial charge is 0.490 e. The zero-order valence-corrected chi connectivity index (χ0v) is 17.6. The molecular weight excluding hydrogens is 416 g/mol. The van der Waals surface area contributed by atoms with Crippen molar-refractivity contribution in [2.75, 3.05) is 23.3 Å². The monoisotopic (exact) mass is 438 g/mol. The van der Waals surface area contributed by atoms with E-state index in [9.17, 15) is 4.79 Å². The van der Waals surface area contributed by atoms with Gasteiger partial charge in [0.1, 0.15) is 18.2 Å². The van der Waals surface area contributed by atoms with Crippen LogP contribution in [-0.4, -0.2) is 40.1 Å². The third kappa shape index (κ3) is 5.82. The smallest absolute Gasteiger partial charge is 0.231 e. The summed E-state index contributed by atoms with van der Waals surface area (Å²) in [5, 5.41) is 3.86. The summed E-state index contributed by atoms with van der Waals surface area (Å²) in [4.78, 5) is 26.4. The van der Waals surface area contributed by atoms with E-state index in [1.165, 1.54) is 6.33 Å². The Hall–Kier alpha value is -3.39. The molecule has 0 spiro atoms. The highest BCUT2D eigenvalue weighted by atomic mass is 35.5. The zero-order chi connectivity index (χ0) is 21.6. The molecule has 2 heterocycles. The number of rotatable bonds is 7. The summed E-state index contributed by atoms with van der Waals surface area (Å²) in [6, 6.07) is 14.9. The lowest BCUT2D eigenvalue weighted by Crippen LogP contribution is -2.39. The van der Waals surface area contributed by atoms with Gasteiger partial charge < -0.3 is 20.7 Å². The molecule has 31 heavy (non-hydrogen) atoms. The molecule has 1 saturated heterocycles. The van der Waals surface area contributed by atoms with Gasteiger partial charge in [0.2, 0.25) is 17.8 Å². The van der Waals surface area contributed by atoms with Crippen LogP contribution in [-0.2, 0) is 11.2 Å². The Kier molecular flexibility index (Phi) is 6.47. The van der Waals surface area contributed by atoms with Crippen molar-refractivity contribution in [3.05, 3.63) is 65.4 Å². The molecule has 0 aliphatic carbocycles. The second-order valence-electron chi connectivity index (χ2n) is 7.34. The molecule has 0 saturated carbocycles. The van der Waals surface area contributed by atoms with E-state index in [2.05, 4.69) is 25.2 Å². The summed E-state index contributed by atoms with van der Waals surface area (Å²) < 4.78 is 6.05. The normalized spacial score (nSPS) is 14.3. The molecule has 0 atom stereocenters. The fourth-order valence-corrected chi connectivity index (χ4v) is 3.59. The van der Waals surface area contributed by atoms with Crippen molar-refractivity contribution in [3.63, 3.8) is 0 Å². The highest BCUT2D eigenvalue weighted by Crippen LogP contribution is 2.23. The van der Waals surface area contributed by atoms with Gasteiger partial charge in [-0.15, -0.1) is 0 Å². The molecule has 1 amide bonds. The number of nitrogens with two attached hydrogens (primary N) is 1. The van der Waals surface area contributed by atoms with Crippen molar-refractivity contribution in [2.45, 2.75) is 25.4 Å². The molecule has 4 rings (SSSR count). The second-order valence-corrected chi connectivity index (χ2v) is 7.77. The average Bonchev–Trinajstić information content (AvgIpc) is 2.76. The van der Waals surface area contributed by atoms with Gasteiger partial charge >= 0.3 is 0 Å². The first-order chi connectivity index (χ1) is 15.0. The lowest BCUT2D eigenvalue weighted by Gasteiger charge is -2.32. The van der Waals surface area contributed by atoms with Crippen LogP contribution in [0.5, 0.6) is 5.75 Å². The van der Waals surface area contributed by atoms with Crippen molar-refractivity contribution < 1.29 is 9.53 Å². The predicted octanol–water partition coefficient (Wildman–Crippen LogP) is 3.34. The highest BCUT2D eigenvalue weighted by molar-refractivity contribution is 6.30. The summed E-state index contributed by atoms with van der Waals surface area (Å²) in [6.45, 7) is 1.58. The Balaban J connectivity index is 1.35. The number of aromatic nitrogens is 3. The molecule has 0 radical (unpaired) electrons. The fourth-order valence-electron chi connectivity index (χ4n) is 3.47. The van der Waals surface area contributed by atoms with Gasteiger partial charge in [0.05, 0.1) is 6.42 Å². The molecule has 3 aromatic rings. The number of carbonyl (C=O) groups excluding carboxylic acids is 1. The van der Waals surface area contributed by atoms with Gasteiger partial charge in [-0.3, -0.25) is 4.79 Å². The molecule has 1 aromatic heterocycles. The number of nitrogens with zero attached hydrogens (tertiary/aromatic N) is 4. The standard InChI is InChI=1S/C22H23ClN6O2/c23-16-4-6-18(7-5-16)31-19-8-10-29(11-9-19)22-26-14-25-21(28-22)27-17-3-1-2-15(12-17)13-20(24)30/h1-7,12,14,19H,8-11,13H2,(H2,24,30)(H,25,26,27,28). The molecule has 8 nitrogen and oxygen atoms in total. The van der Waals surface area contributed by atoms with E-state index in [1.807, 2.05) is 48.5 Å². The fraction of sp³-hybridized carbons (Fsp3) is 0.273. The number of amides is 1. The minimum absolute atomic E-state index is 0.143. The Morgan fingerprint density at radius 2 is 1.94 bits per heavy atom. The number of hydrogen-bond donors (Lipinski definition) is 2. The van der Waals surface area contributed by atoms with Gasteiger partial charge in [0, 0.05) is 36.6 Å². The molecule has 1 fully saturated rings. The summed E-state index contributed by atoms with van der Waals surface area (Å²) in [6.07, 6.45) is 3.56. The Morgan fingerprint density at radius 3 is 2.68 bits per heavy atom. The van der Waals surface area contributed by atoms with E-state index in [0.717, 1.165) is 42.9 Å². The maximum atomic E-state index is 11.1. The van der Waals surface area contributed by atoms with Crippen LogP contribution < -0.4 is 20.7 Å². The summed E-state index contributed by atoms with van der Waals surface area (Å²) in [7, 11) is 0. The third-order valence-corrected chi connectivity index (χ3v) is 5.21. The van der Waals surface area contributed by atoms with E-state index in [-0.39, 0.29) is 18.4 Å². The zero-order valence-electron chi connectivity index (χ0n) is 16.9. The topological polar surface area (TPSA) is 106 Å². The number of hydrogen-bond acceptors (Lipinski definition) is 7. The lowest BCUT2D eigenvalue weighted by molar-refractivity contribution is -0.117. The van der Waals surface area contributed by atoms with Crippen LogP contribution in [0.1, 0.15) is 18.4 Å². The maximum Gasteiger partial charge on any atom is 0.231 e. The van der Waals surface area contributed by atoms with Crippen LogP contribution in [0.15, 0.2) is 54.9 Å². The van der Waals surface area contributed by atoms with Crippen molar-refractivity contribution in [1.82, 2.24) is 15.0 Å². The van der Waals surface area contributed by atoms with Gasteiger partial charge in [0.25, 0.3) is 0 Å². The van der Waals surface area contributed by atoms with Crippen LogP contribution in [0.25, 0.3) is 0 Å². The number of piperidine rings is 1. The molecular formula is C22H23ClN6O2. The van der Waals surface area contributed by atoms with Crippen molar-refractivity contribution in [2.24, 2.45) is 5.73 Å². The van der Waals surface area contributed by atoms with E-state index >= 15 is 0 Å². The number of benzene rings is 2. The number of primary amides is 1. The number of nitrogens with one attached hydrogen (secondary N) is 1. The van der Waals surface area contributed by atoms with E-state index in [1.54, 1.807) is 0 Å².